The number of pyridine rings is 2. The summed E-state index contributed by atoms with van der Waals surface area (Å²) in [6.45, 7) is 18.6. The number of hydrogen-bond acceptors (Lipinski definition) is 17. The van der Waals surface area contributed by atoms with Crippen LogP contribution >= 0.6 is 0 Å². The van der Waals surface area contributed by atoms with Gasteiger partial charge in [0.1, 0.15) is 17.9 Å². The van der Waals surface area contributed by atoms with E-state index in [0.717, 1.165) is 124 Å². The summed E-state index contributed by atoms with van der Waals surface area (Å²) in [5.41, 5.74) is 13.8. The summed E-state index contributed by atoms with van der Waals surface area (Å²) in [6.07, 6.45) is 17.1. The second-order valence-corrected chi connectivity index (χ2v) is 31.2. The van der Waals surface area contributed by atoms with Gasteiger partial charge in [-0.3, -0.25) is 28.9 Å². The maximum absolute atomic E-state index is 15.3. The number of aryl methyl sites for hydroxylation is 4. The molecule has 10 aromatic rings. The minimum Gasteiger partial charge on any atom is -0.381 e. The molecule has 4 amide bonds. The van der Waals surface area contributed by atoms with E-state index in [1.54, 1.807) is 91.0 Å². The molecular weight excluding hydrogens is 1480 g/mol. The van der Waals surface area contributed by atoms with E-state index in [4.69, 9.17) is 19.4 Å². The lowest BCUT2D eigenvalue weighted by atomic mass is 9.98. The third-order valence-corrected chi connectivity index (χ3v) is 22.2. The lowest BCUT2D eigenvalue weighted by Gasteiger charge is -2.37. The molecule has 6 aromatic carbocycles. The molecule has 23 nitrogen and oxygen atoms in total. The Labute approximate surface area is 685 Å². The van der Waals surface area contributed by atoms with E-state index in [1.807, 2.05) is 60.7 Å². The zero-order chi connectivity index (χ0) is 82.3. The van der Waals surface area contributed by atoms with Gasteiger partial charge in [-0.1, -0.05) is 87.4 Å². The summed E-state index contributed by atoms with van der Waals surface area (Å²) in [6, 6.07) is 39.4. The smallest absolute Gasteiger partial charge is 0.251 e. The van der Waals surface area contributed by atoms with Crippen molar-refractivity contribution in [3.63, 3.8) is 0 Å². The Morgan fingerprint density at radius 1 is 0.513 bits per heavy atom. The predicted octanol–water partition coefficient (Wildman–Crippen LogP) is 14.0. The number of likely N-dealkylation sites (tertiary alicyclic amines) is 1. The summed E-state index contributed by atoms with van der Waals surface area (Å²) in [7, 11) is 8.51. The maximum atomic E-state index is 15.3. The molecule has 0 bridgehead atoms. The largest absolute Gasteiger partial charge is 0.381 e. The topological polar surface area (TPSA) is 259 Å². The van der Waals surface area contributed by atoms with Crippen molar-refractivity contribution in [2.75, 3.05) is 91.4 Å². The lowest BCUT2D eigenvalue weighted by Crippen LogP contribution is -2.44. The molecule has 0 radical (unpaired) electrons. The van der Waals surface area contributed by atoms with Gasteiger partial charge in [0.15, 0.2) is 11.3 Å². The molecule has 117 heavy (non-hydrogen) atoms. The Morgan fingerprint density at radius 3 is 1.43 bits per heavy atom. The second-order valence-electron chi connectivity index (χ2n) is 31.2. The molecule has 7 N–H and O–H groups in total. The van der Waals surface area contributed by atoms with Crippen LogP contribution in [0.5, 0.6) is 0 Å². The molecule has 618 valence electrons. The van der Waals surface area contributed by atoms with Gasteiger partial charge in [0.05, 0.1) is 34.5 Å². The number of ether oxygens (including phenoxy) is 2. The predicted molar refractivity (Wildman–Crippen MR) is 458 cm³/mol. The van der Waals surface area contributed by atoms with Crippen molar-refractivity contribution in [1.82, 2.24) is 70.8 Å². The third-order valence-electron chi connectivity index (χ3n) is 22.2. The van der Waals surface area contributed by atoms with Crippen LogP contribution in [0.2, 0.25) is 0 Å². The molecule has 0 saturated carbocycles. The van der Waals surface area contributed by atoms with Crippen LogP contribution in [0.4, 0.5) is 20.2 Å². The van der Waals surface area contributed by atoms with E-state index in [-0.39, 0.29) is 67.7 Å². The number of amides is 4. The molecule has 2 atom stereocenters. The summed E-state index contributed by atoms with van der Waals surface area (Å²) in [5.74, 6) is -2.05. The molecule has 8 heterocycles. The van der Waals surface area contributed by atoms with Crippen LogP contribution in [0.25, 0.3) is 44.3 Å². The standard InChI is InChI=1S/C46H57FN8O3.C38H39FN6O4.C8H18N2/c1-5-42-39(43(51-36-18-21-58-22-19-36)40-28-50-55(6-2)44(40)52-42)27-49-46(57)35-14-10-13-34(25-35)45(56)48-26-31-16-17-41(47)38(24-31)33-12-9-11-32(23-33)29-54-20-8-7-15-37(54)30-53(3)4;1-3-34-31(35(43-29-13-15-49-16-14-29)32-22-42-45(4-2)36(32)44-34)21-41-38(48)28-10-6-9-27(19-28)37(47)40-20-24-11-12-33(39)30(18-24)26-8-5-7-25(17-26)23-46;1-10(2)7-8-5-3-4-6-9-8/h9-14,16-17,23-25,28,36-37H,5-8,15,18-22,26-27,29-30H2,1-4H3,(H,48,56)(H,49,57)(H,51,52);5-12,17-19,22-23,29H,3-4,13-16,20-21H2,1-2H3,(H,40,47)(H,41,48)(H,43,44);8-9H,3-7H2,1-2H3. The molecule has 0 aliphatic carbocycles. The van der Waals surface area contributed by atoms with Crippen molar-refractivity contribution in [3.05, 3.63) is 225 Å². The number of hydrogen-bond donors (Lipinski definition) is 7. The number of likely N-dealkylation sites (N-methyl/N-ethyl adjacent to an activating group) is 2. The van der Waals surface area contributed by atoms with Gasteiger partial charge in [0.25, 0.3) is 23.6 Å². The Balaban J connectivity index is 0.000000194. The van der Waals surface area contributed by atoms with Crippen LogP contribution in [-0.2, 0) is 68.1 Å². The number of rotatable bonds is 29. The molecule has 4 saturated heterocycles. The zero-order valence-electron chi connectivity index (χ0n) is 69.0. The van der Waals surface area contributed by atoms with E-state index in [1.165, 1.54) is 63.7 Å². The molecule has 14 rings (SSSR count). The number of carbonyl (C=O) groups excluding carboxylic acids is 5. The first-order valence-electron chi connectivity index (χ1n) is 41.6. The number of piperidine rings is 2. The first-order valence-corrected chi connectivity index (χ1v) is 41.6. The number of fused-ring (bicyclic) bond motifs is 2. The third kappa shape index (κ3) is 22.8. The van der Waals surface area contributed by atoms with Crippen LogP contribution < -0.4 is 37.2 Å². The van der Waals surface area contributed by atoms with E-state index in [2.05, 4.69) is 109 Å². The fourth-order valence-electron chi connectivity index (χ4n) is 16.0. The van der Waals surface area contributed by atoms with Crippen LogP contribution in [0.3, 0.4) is 0 Å². The molecule has 4 aliphatic rings. The van der Waals surface area contributed by atoms with Gasteiger partial charge in [0.2, 0.25) is 0 Å². The van der Waals surface area contributed by atoms with Gasteiger partial charge in [-0.15, -0.1) is 0 Å². The number of aldehydes is 1. The molecule has 0 spiro atoms. The van der Waals surface area contributed by atoms with Gasteiger partial charge < -0.3 is 56.5 Å². The summed E-state index contributed by atoms with van der Waals surface area (Å²) in [4.78, 5) is 81.9. The van der Waals surface area contributed by atoms with E-state index < -0.39 is 5.82 Å². The summed E-state index contributed by atoms with van der Waals surface area (Å²) >= 11 is 0. The monoisotopic (exact) mass is 1590 g/mol. The normalized spacial score (nSPS) is 16.1. The Hall–Kier alpha value is -10.7. The Kier molecular flexibility index (Phi) is 30.7. The van der Waals surface area contributed by atoms with Crippen molar-refractivity contribution in [1.29, 1.82) is 0 Å². The molecule has 4 aromatic heterocycles. The highest BCUT2D eigenvalue weighted by atomic mass is 19.1. The maximum Gasteiger partial charge on any atom is 0.251 e. The molecular formula is C92H114F2N16O7. The SMILES string of the molecule is CCc1nc2c(cnn2CC)c(NC2CCOCC2)c1CNC(=O)c1cccc(C(=O)NCc2ccc(F)c(-c3cccc(C=O)c3)c2)c1.CCc1nc2c(cnn2CC)c(NC2CCOCC2)c1CNC(=O)c1cccc(C(=O)NCc2ccc(F)c(-c3cccc(CN4CCCCC4CN(C)C)c3)c2)c1.CN(C)CC1CCCCN1. The van der Waals surface area contributed by atoms with Gasteiger partial charge in [-0.2, -0.15) is 10.2 Å². The van der Waals surface area contributed by atoms with Gasteiger partial charge in [0, 0.05) is 171 Å². The van der Waals surface area contributed by atoms with Crippen molar-refractivity contribution < 1.29 is 42.2 Å². The number of halogens is 2. The fraction of sp³-hybridized carbons (Fsp3) is 0.424. The highest BCUT2D eigenvalue weighted by Gasteiger charge is 2.28. The minimum absolute atomic E-state index is 0.142. The van der Waals surface area contributed by atoms with E-state index in [9.17, 15) is 28.4 Å². The van der Waals surface area contributed by atoms with Crippen molar-refractivity contribution in [2.45, 2.75) is 175 Å². The van der Waals surface area contributed by atoms with Crippen molar-refractivity contribution in [3.8, 4) is 22.3 Å². The van der Waals surface area contributed by atoms with Crippen LogP contribution in [0.1, 0.15) is 183 Å². The average Bonchev–Trinajstić information content (AvgIpc) is 1.66. The van der Waals surface area contributed by atoms with Gasteiger partial charge in [-0.05, 0) is 220 Å². The number of carbonyl (C=O) groups is 5. The summed E-state index contributed by atoms with van der Waals surface area (Å²) < 4.78 is 44.9. The number of anilines is 2. The minimum atomic E-state index is -0.430. The van der Waals surface area contributed by atoms with Crippen LogP contribution in [0.15, 0.2) is 146 Å². The second kappa shape index (κ2) is 41.9. The number of nitrogens with one attached hydrogen (secondary N) is 7. The summed E-state index contributed by atoms with van der Waals surface area (Å²) in [5, 5.41) is 34.0. The first-order chi connectivity index (χ1) is 56.9. The molecule has 4 fully saturated rings. The van der Waals surface area contributed by atoms with Gasteiger partial charge in [-0.25, -0.2) is 28.1 Å². The molecule has 2 unspecified atom stereocenters. The number of benzene rings is 6. The highest BCUT2D eigenvalue weighted by Crippen LogP contribution is 2.35. The zero-order valence-corrected chi connectivity index (χ0v) is 69.0. The first kappa shape index (κ1) is 85.7. The van der Waals surface area contributed by atoms with Gasteiger partial charge >= 0.3 is 0 Å². The van der Waals surface area contributed by atoms with Crippen molar-refractivity contribution in [2.24, 2.45) is 0 Å². The molecule has 4 aliphatic heterocycles. The lowest BCUT2D eigenvalue weighted by molar-refractivity contribution is 0.0903. The number of nitrogens with zero attached hydrogens (tertiary/aromatic N) is 9. The molecule has 25 heteroatoms. The fourth-order valence-corrected chi connectivity index (χ4v) is 16.0. The van der Waals surface area contributed by atoms with Crippen molar-refractivity contribution >= 4 is 63.4 Å². The Bertz CT molecular complexity index is 5050. The van der Waals surface area contributed by atoms with Crippen LogP contribution in [0, 0.1) is 11.6 Å². The Morgan fingerprint density at radius 2 is 0.974 bits per heavy atom. The number of aromatic nitrogens is 6. The van der Waals surface area contributed by atoms with Crippen LogP contribution in [-0.4, -0.2) is 179 Å². The quantitative estimate of drug-likeness (QED) is 0.0215. The highest BCUT2D eigenvalue weighted by molar-refractivity contribution is 6.01. The van der Waals surface area contributed by atoms with E-state index >= 15 is 4.39 Å². The van der Waals surface area contributed by atoms with E-state index in [0.29, 0.717) is 115 Å². The average molecular weight is 1590 g/mol.